The van der Waals surface area contributed by atoms with Crippen molar-refractivity contribution in [1.29, 1.82) is 0 Å². The van der Waals surface area contributed by atoms with Gasteiger partial charge in [0.25, 0.3) is 10.1 Å². The molecule has 0 aromatic rings. The van der Waals surface area contributed by atoms with Gasteiger partial charge >= 0.3 is 11.9 Å². The largest absolute Gasteiger partial charge is 0.469 e. The zero-order valence-electron chi connectivity index (χ0n) is 12.4. The number of rotatable bonds is 4. The molecule has 7 atom stereocenters. The van der Waals surface area contributed by atoms with Crippen LogP contribution in [-0.2, 0) is 38.1 Å². The van der Waals surface area contributed by atoms with Crippen LogP contribution in [0.2, 0.25) is 0 Å². The van der Waals surface area contributed by atoms with Gasteiger partial charge in [-0.3, -0.25) is 13.8 Å². The summed E-state index contributed by atoms with van der Waals surface area (Å²) in [7, 11) is -2.77. The number of fused-ring (bicyclic) bond motifs is 1. The lowest BCUT2D eigenvalue weighted by Crippen LogP contribution is -2.50. The Hall–Kier alpha value is -1.19. The average molecular weight is 334 g/mol. The summed E-state index contributed by atoms with van der Waals surface area (Å²) < 4.78 is 44.8. The van der Waals surface area contributed by atoms with Crippen LogP contribution in [0.25, 0.3) is 0 Å². The molecule has 3 rings (SSSR count). The number of hydrogen-bond acceptors (Lipinski definition) is 8. The molecule has 0 N–H and O–H groups in total. The average Bonchev–Trinajstić information content (AvgIpc) is 3.07. The van der Waals surface area contributed by atoms with Gasteiger partial charge < -0.3 is 14.2 Å². The summed E-state index contributed by atoms with van der Waals surface area (Å²) in [6.45, 7) is 3.55. The van der Waals surface area contributed by atoms with Crippen LogP contribution in [-0.4, -0.2) is 57.1 Å². The number of hydrogen-bond donors (Lipinski definition) is 0. The van der Waals surface area contributed by atoms with Crippen LogP contribution in [0, 0.1) is 11.8 Å². The van der Waals surface area contributed by atoms with E-state index >= 15 is 0 Å². The monoisotopic (exact) mass is 334 g/mol. The summed E-state index contributed by atoms with van der Waals surface area (Å²) in [5.41, 5.74) is 0. The number of methoxy groups -OCH3 is 1. The molecule has 7 unspecified atom stereocenters. The Balaban J connectivity index is 1.89. The van der Waals surface area contributed by atoms with Gasteiger partial charge in [-0.25, -0.2) is 0 Å². The van der Waals surface area contributed by atoms with E-state index in [2.05, 4.69) is 4.74 Å². The summed E-state index contributed by atoms with van der Waals surface area (Å²) in [5.74, 6) is -2.52. The van der Waals surface area contributed by atoms with E-state index in [1.807, 2.05) is 6.92 Å². The molecule has 3 aliphatic rings. The predicted octanol–water partition coefficient (Wildman–Crippen LogP) is -0.388. The molecule has 124 valence electrons. The van der Waals surface area contributed by atoms with Gasteiger partial charge in [-0.05, 0) is 6.42 Å². The van der Waals surface area contributed by atoms with Crippen molar-refractivity contribution in [1.82, 2.24) is 0 Å². The second-order valence-electron chi connectivity index (χ2n) is 5.84. The van der Waals surface area contributed by atoms with Crippen molar-refractivity contribution < 1.29 is 36.4 Å². The molecule has 3 saturated heterocycles. The van der Waals surface area contributed by atoms with E-state index in [1.54, 1.807) is 6.92 Å². The highest BCUT2D eigenvalue weighted by atomic mass is 32.2. The number of carbonyl (C=O) groups is 2. The summed E-state index contributed by atoms with van der Waals surface area (Å²) in [6.07, 6.45) is -2.85. The predicted molar refractivity (Wildman–Crippen MR) is 71.1 cm³/mol. The molecule has 0 spiro atoms. The molecule has 3 fully saturated rings. The van der Waals surface area contributed by atoms with Gasteiger partial charge in [0, 0.05) is 0 Å². The summed E-state index contributed by atoms with van der Waals surface area (Å²) in [5, 5.41) is -1.09. The smallest absolute Gasteiger partial charge is 0.312 e. The zero-order chi connectivity index (χ0) is 16.2. The molecular weight excluding hydrogens is 316 g/mol. The van der Waals surface area contributed by atoms with Gasteiger partial charge in [0.05, 0.1) is 13.0 Å². The molecule has 0 amide bonds. The summed E-state index contributed by atoms with van der Waals surface area (Å²) >= 11 is 0. The van der Waals surface area contributed by atoms with E-state index in [4.69, 9.17) is 13.7 Å². The van der Waals surface area contributed by atoms with Crippen molar-refractivity contribution in [3.8, 4) is 0 Å². The van der Waals surface area contributed by atoms with E-state index in [9.17, 15) is 18.0 Å². The lowest BCUT2D eigenvalue weighted by atomic mass is 9.84. The van der Waals surface area contributed by atoms with Crippen LogP contribution in [0.4, 0.5) is 0 Å². The molecule has 8 nitrogen and oxygen atoms in total. The Kier molecular flexibility index (Phi) is 3.69. The van der Waals surface area contributed by atoms with Gasteiger partial charge in [-0.15, -0.1) is 0 Å². The molecule has 0 aromatic heterocycles. The van der Waals surface area contributed by atoms with Crippen LogP contribution in [0.3, 0.4) is 0 Å². The Bertz CT molecular complexity index is 599. The second-order valence-corrected chi connectivity index (χ2v) is 7.57. The van der Waals surface area contributed by atoms with Crippen LogP contribution in [0.15, 0.2) is 0 Å². The van der Waals surface area contributed by atoms with Gasteiger partial charge in [0.15, 0.2) is 6.10 Å². The standard InChI is InChI=1S/C13H18O8S/c1-4-5(2)12(14)20-8-7-6(13(15)18-3)11-10(19-7)9(8)21-22(11,16)17/h5-11H,4H2,1-3H3. The van der Waals surface area contributed by atoms with Gasteiger partial charge in [0.1, 0.15) is 29.5 Å². The molecule has 0 aromatic carbocycles. The number of ether oxygens (including phenoxy) is 3. The Morgan fingerprint density at radius 1 is 1.23 bits per heavy atom. The van der Waals surface area contributed by atoms with Crippen LogP contribution in [0.5, 0.6) is 0 Å². The molecule has 0 radical (unpaired) electrons. The van der Waals surface area contributed by atoms with E-state index in [1.165, 1.54) is 7.11 Å². The quantitative estimate of drug-likeness (QED) is 0.506. The first-order valence-corrected chi connectivity index (χ1v) is 8.64. The highest BCUT2D eigenvalue weighted by Crippen LogP contribution is 2.51. The number of esters is 2. The van der Waals surface area contributed by atoms with E-state index in [0.717, 1.165) is 0 Å². The SMILES string of the molecule is CCC(C)C(=O)OC1C2OS(=O)(=O)C3C2OC1C3C(=O)OC. The first-order chi connectivity index (χ1) is 10.3. The first-order valence-electron chi connectivity index (χ1n) is 7.17. The minimum atomic E-state index is -3.95. The molecule has 0 saturated carbocycles. The van der Waals surface area contributed by atoms with Crippen LogP contribution < -0.4 is 0 Å². The molecule has 0 aliphatic carbocycles. The minimum Gasteiger partial charge on any atom is -0.469 e. The zero-order valence-corrected chi connectivity index (χ0v) is 13.2. The maximum Gasteiger partial charge on any atom is 0.312 e. The van der Waals surface area contributed by atoms with Crippen molar-refractivity contribution in [2.75, 3.05) is 7.11 Å². The third kappa shape index (κ3) is 2.06. The topological polar surface area (TPSA) is 105 Å². The van der Waals surface area contributed by atoms with Crippen LogP contribution in [0.1, 0.15) is 20.3 Å². The maximum atomic E-state index is 12.1. The van der Waals surface area contributed by atoms with E-state index in [0.29, 0.717) is 6.42 Å². The molecule has 3 aliphatic heterocycles. The molecule has 22 heavy (non-hydrogen) atoms. The molecule has 3 heterocycles. The van der Waals surface area contributed by atoms with Crippen molar-refractivity contribution in [3.05, 3.63) is 0 Å². The van der Waals surface area contributed by atoms with Crippen molar-refractivity contribution in [2.45, 2.75) is 49.9 Å². The second kappa shape index (κ2) is 5.17. The minimum absolute atomic E-state index is 0.329. The van der Waals surface area contributed by atoms with Gasteiger partial charge in [0.2, 0.25) is 0 Å². The highest BCUT2D eigenvalue weighted by Gasteiger charge is 2.73. The first kappa shape index (κ1) is 15.7. The van der Waals surface area contributed by atoms with Crippen LogP contribution >= 0.6 is 0 Å². The van der Waals surface area contributed by atoms with E-state index < -0.39 is 57.6 Å². The fourth-order valence-corrected chi connectivity index (χ4v) is 5.11. The summed E-state index contributed by atoms with van der Waals surface area (Å²) in [6, 6.07) is 0. The third-order valence-corrected chi connectivity index (χ3v) is 6.35. The lowest BCUT2D eigenvalue weighted by Gasteiger charge is -2.27. The Labute approximate surface area is 128 Å². The lowest BCUT2D eigenvalue weighted by molar-refractivity contribution is -0.164. The fourth-order valence-electron chi connectivity index (χ4n) is 3.28. The van der Waals surface area contributed by atoms with Gasteiger partial charge in [-0.2, -0.15) is 8.42 Å². The maximum absolute atomic E-state index is 12.1. The molecule has 9 heteroatoms. The summed E-state index contributed by atoms with van der Waals surface area (Å²) in [4.78, 5) is 23.9. The van der Waals surface area contributed by atoms with Crippen molar-refractivity contribution in [2.24, 2.45) is 11.8 Å². The Morgan fingerprint density at radius 2 is 1.91 bits per heavy atom. The van der Waals surface area contributed by atoms with Crippen molar-refractivity contribution >= 4 is 22.1 Å². The molecule has 2 bridgehead atoms. The highest BCUT2D eigenvalue weighted by molar-refractivity contribution is 7.87. The number of carbonyl (C=O) groups excluding carboxylic acids is 2. The van der Waals surface area contributed by atoms with Gasteiger partial charge in [-0.1, -0.05) is 13.8 Å². The normalized spacial score (nSPS) is 42.1. The third-order valence-electron chi connectivity index (χ3n) is 4.64. The molecular formula is C13H18O8S. The fraction of sp³-hybridized carbons (Fsp3) is 0.846. The van der Waals surface area contributed by atoms with E-state index in [-0.39, 0.29) is 5.92 Å². The Morgan fingerprint density at radius 3 is 2.50 bits per heavy atom. The van der Waals surface area contributed by atoms with Crippen molar-refractivity contribution in [3.63, 3.8) is 0 Å².